The van der Waals surface area contributed by atoms with Gasteiger partial charge in [0, 0.05) is 29.2 Å². The van der Waals surface area contributed by atoms with Crippen molar-refractivity contribution in [2.24, 2.45) is 0 Å². The molecule has 1 saturated heterocycles. The van der Waals surface area contributed by atoms with E-state index in [-0.39, 0.29) is 18.1 Å². The first kappa shape index (κ1) is 22.5. The second-order valence-corrected chi connectivity index (χ2v) is 8.93. The number of halogens is 1. The quantitative estimate of drug-likeness (QED) is 0.337. The number of rotatable bonds is 7. The molecule has 1 N–H and O–H groups in total. The van der Waals surface area contributed by atoms with E-state index in [4.69, 9.17) is 21.4 Å². The summed E-state index contributed by atoms with van der Waals surface area (Å²) in [6.45, 7) is 2.65. The van der Waals surface area contributed by atoms with Crippen LogP contribution in [0.4, 0.5) is 0 Å². The molecule has 3 aromatic rings. The summed E-state index contributed by atoms with van der Waals surface area (Å²) in [6, 6.07) is 15.6. The molecule has 0 amide bonds. The Balaban J connectivity index is 1.66. The lowest BCUT2D eigenvalue weighted by molar-refractivity contribution is -0.140. The highest BCUT2D eigenvalue weighted by Crippen LogP contribution is 2.41. The van der Waals surface area contributed by atoms with Crippen LogP contribution in [0.3, 0.4) is 0 Å². The van der Waals surface area contributed by atoms with Crippen LogP contribution in [-0.2, 0) is 9.53 Å². The summed E-state index contributed by atoms with van der Waals surface area (Å²) in [5.41, 5.74) is 3.04. The first-order valence-corrected chi connectivity index (χ1v) is 11.6. The lowest BCUT2D eigenvalue weighted by atomic mass is 10.0. The van der Waals surface area contributed by atoms with Crippen molar-refractivity contribution < 1.29 is 13.9 Å². The van der Waals surface area contributed by atoms with Crippen LogP contribution in [0.5, 0.6) is 0 Å². The van der Waals surface area contributed by atoms with E-state index in [0.717, 1.165) is 27.3 Å². The Labute approximate surface area is 201 Å². The molecule has 2 aromatic heterocycles. The number of aromatic nitrogens is 1. The Kier molecular flexibility index (Phi) is 6.91. The van der Waals surface area contributed by atoms with Crippen molar-refractivity contribution in [3.63, 3.8) is 0 Å². The lowest BCUT2D eigenvalue weighted by Gasteiger charge is -2.25. The molecule has 8 heteroatoms. The maximum atomic E-state index is 11.6. The fraction of sp³-hybridized carbons (Fsp3) is 0.292. The largest absolute Gasteiger partial charge is 0.469 e. The summed E-state index contributed by atoms with van der Waals surface area (Å²) in [4.78, 5) is 18.2. The number of carbonyl (C=O) groups excluding carboxylic acids is 1. The number of nitrogens with one attached hydrogen (secondary N) is 1. The average Bonchev–Trinajstić information content (AvgIpc) is 3.39. The van der Waals surface area contributed by atoms with E-state index in [1.165, 1.54) is 12.7 Å². The molecule has 4 rings (SSSR count). The van der Waals surface area contributed by atoms with Crippen molar-refractivity contribution in [3.8, 4) is 11.3 Å². The van der Waals surface area contributed by atoms with Gasteiger partial charge in [0.1, 0.15) is 17.6 Å². The highest BCUT2D eigenvalue weighted by Gasteiger charge is 2.41. The highest BCUT2D eigenvalue weighted by atomic mass is 79.9. The Morgan fingerprint density at radius 3 is 2.84 bits per heavy atom. The number of hydrogen-bond donors (Lipinski definition) is 1. The molecule has 1 aromatic carbocycles. The zero-order valence-electron chi connectivity index (χ0n) is 17.9. The second kappa shape index (κ2) is 9.83. The van der Waals surface area contributed by atoms with Gasteiger partial charge in [-0.3, -0.25) is 9.78 Å². The van der Waals surface area contributed by atoms with Gasteiger partial charge in [-0.2, -0.15) is 0 Å². The van der Waals surface area contributed by atoms with Crippen LogP contribution in [-0.4, -0.2) is 34.6 Å². The van der Waals surface area contributed by atoms with E-state index in [1.807, 2.05) is 36.4 Å². The number of methoxy groups -OCH3 is 1. The Hall–Kier alpha value is -2.71. The summed E-state index contributed by atoms with van der Waals surface area (Å²) < 4.78 is 12.1. The van der Waals surface area contributed by atoms with E-state index in [9.17, 15) is 4.79 Å². The predicted octanol–water partition coefficient (Wildman–Crippen LogP) is 5.34. The summed E-state index contributed by atoms with van der Waals surface area (Å²) in [6.07, 6.45) is 2.72. The number of esters is 1. The van der Waals surface area contributed by atoms with Gasteiger partial charge in [0.05, 0.1) is 18.8 Å². The van der Waals surface area contributed by atoms with Gasteiger partial charge >= 0.3 is 5.97 Å². The third kappa shape index (κ3) is 4.71. The fourth-order valence-electron chi connectivity index (χ4n) is 3.93. The molecule has 2 atom stereocenters. The molecular formula is C24H24BrN3O3S. The molecule has 0 aliphatic carbocycles. The predicted molar refractivity (Wildman–Crippen MR) is 130 cm³/mol. The molecule has 0 bridgehead atoms. The molecule has 0 spiro atoms. The number of pyridine rings is 1. The molecule has 0 saturated carbocycles. The maximum Gasteiger partial charge on any atom is 0.305 e. The Morgan fingerprint density at radius 2 is 2.12 bits per heavy atom. The molecule has 3 heterocycles. The van der Waals surface area contributed by atoms with Gasteiger partial charge in [-0.25, -0.2) is 0 Å². The van der Waals surface area contributed by atoms with Gasteiger partial charge < -0.3 is 19.4 Å². The smallest absolute Gasteiger partial charge is 0.305 e. The zero-order chi connectivity index (χ0) is 22.7. The summed E-state index contributed by atoms with van der Waals surface area (Å²) in [5.74, 6) is 1.33. The van der Waals surface area contributed by atoms with Crippen molar-refractivity contribution in [2.75, 3.05) is 13.7 Å². The minimum atomic E-state index is -0.231. The maximum absolute atomic E-state index is 11.6. The number of thiocarbonyl (C=S) groups is 1. The fourth-order valence-corrected chi connectivity index (χ4v) is 4.95. The van der Waals surface area contributed by atoms with Crippen LogP contribution in [0.1, 0.15) is 41.9 Å². The van der Waals surface area contributed by atoms with E-state index < -0.39 is 0 Å². The van der Waals surface area contributed by atoms with Crippen LogP contribution in [0.15, 0.2) is 63.6 Å². The van der Waals surface area contributed by atoms with Gasteiger partial charge in [0.25, 0.3) is 0 Å². The molecule has 0 unspecified atom stereocenters. The van der Waals surface area contributed by atoms with Crippen LogP contribution in [0.25, 0.3) is 11.3 Å². The van der Waals surface area contributed by atoms with Gasteiger partial charge in [0.15, 0.2) is 5.11 Å². The minimum Gasteiger partial charge on any atom is -0.469 e. The number of ether oxygens (including phenoxy) is 1. The number of hydrogen-bond acceptors (Lipinski definition) is 5. The van der Waals surface area contributed by atoms with E-state index in [0.29, 0.717) is 24.5 Å². The standard InChI is InChI=1S/C24H24BrN3O3S/c1-15-8-9-16(17(25)14-15)19-10-11-20(31-19)23-22(18-6-3-4-12-26-18)27-24(32)28(23)13-5-7-21(29)30-2/h3-4,6,8-12,14,22-23H,5,7,13H2,1-2H3,(H,27,32)/t22-,23-/m1/s1. The topological polar surface area (TPSA) is 67.6 Å². The molecule has 6 nitrogen and oxygen atoms in total. The van der Waals surface area contributed by atoms with Crippen molar-refractivity contribution in [2.45, 2.75) is 31.8 Å². The summed E-state index contributed by atoms with van der Waals surface area (Å²) in [7, 11) is 1.40. The summed E-state index contributed by atoms with van der Waals surface area (Å²) in [5, 5.41) is 4.01. The van der Waals surface area contributed by atoms with Crippen molar-refractivity contribution >= 4 is 39.2 Å². The van der Waals surface area contributed by atoms with Gasteiger partial charge in [-0.15, -0.1) is 0 Å². The third-order valence-electron chi connectivity index (χ3n) is 5.51. The molecule has 0 radical (unpaired) electrons. The Morgan fingerprint density at radius 1 is 1.28 bits per heavy atom. The minimum absolute atomic E-state index is 0.165. The zero-order valence-corrected chi connectivity index (χ0v) is 20.3. The van der Waals surface area contributed by atoms with Crippen molar-refractivity contribution in [1.29, 1.82) is 0 Å². The van der Waals surface area contributed by atoms with Crippen LogP contribution < -0.4 is 5.32 Å². The van der Waals surface area contributed by atoms with E-state index in [2.05, 4.69) is 50.2 Å². The van der Waals surface area contributed by atoms with Gasteiger partial charge in [0.2, 0.25) is 0 Å². The number of furan rings is 1. The highest BCUT2D eigenvalue weighted by molar-refractivity contribution is 9.10. The van der Waals surface area contributed by atoms with Gasteiger partial charge in [-0.1, -0.05) is 28.1 Å². The molecule has 1 fully saturated rings. The van der Waals surface area contributed by atoms with Crippen molar-refractivity contribution in [3.05, 3.63) is 76.2 Å². The van der Waals surface area contributed by atoms with Crippen LogP contribution >= 0.6 is 28.1 Å². The average molecular weight is 514 g/mol. The number of nitrogens with zero attached hydrogens (tertiary/aromatic N) is 2. The Bertz CT molecular complexity index is 1120. The molecule has 166 valence electrons. The van der Waals surface area contributed by atoms with Crippen molar-refractivity contribution in [1.82, 2.24) is 15.2 Å². The third-order valence-corrected chi connectivity index (χ3v) is 6.52. The normalized spacial score (nSPS) is 18.0. The number of carbonyl (C=O) groups is 1. The lowest BCUT2D eigenvalue weighted by Crippen LogP contribution is -2.30. The molecular weight excluding hydrogens is 490 g/mol. The van der Waals surface area contributed by atoms with Crippen LogP contribution in [0, 0.1) is 6.92 Å². The monoisotopic (exact) mass is 513 g/mol. The number of aryl methyl sites for hydroxylation is 1. The first-order chi connectivity index (χ1) is 15.5. The molecule has 1 aliphatic heterocycles. The molecule has 1 aliphatic rings. The van der Waals surface area contributed by atoms with Crippen LogP contribution in [0.2, 0.25) is 0 Å². The van der Waals surface area contributed by atoms with Gasteiger partial charge in [-0.05, 0) is 67.5 Å². The summed E-state index contributed by atoms with van der Waals surface area (Å²) >= 11 is 9.30. The SMILES string of the molecule is COC(=O)CCCN1C(=S)N[C@H](c2ccccn2)[C@H]1c1ccc(-c2ccc(C)cc2Br)o1. The van der Waals surface area contributed by atoms with E-state index in [1.54, 1.807) is 6.20 Å². The second-order valence-electron chi connectivity index (χ2n) is 7.68. The first-order valence-electron chi connectivity index (χ1n) is 10.4. The number of benzene rings is 1. The van der Waals surface area contributed by atoms with E-state index >= 15 is 0 Å². The molecule has 32 heavy (non-hydrogen) atoms.